The van der Waals surface area contributed by atoms with Crippen molar-refractivity contribution >= 4 is 29.1 Å². The first-order valence-corrected chi connectivity index (χ1v) is 14.1. The SMILES string of the molecule is O=C(NCC(F)c1ccc(Cl)cc1Cl)c1c(Oc2cccc(C3CC3)c2)cncc1Oc1cccc(C2CC2)c1. The lowest BCUT2D eigenvalue weighted by Crippen LogP contribution is -2.28. The number of alkyl halides is 1. The Labute approximate surface area is 242 Å². The molecule has 40 heavy (non-hydrogen) atoms. The first kappa shape index (κ1) is 26.6. The lowest BCUT2D eigenvalue weighted by atomic mass is 10.1. The molecule has 2 fully saturated rings. The zero-order valence-electron chi connectivity index (χ0n) is 21.6. The Morgan fingerprint density at radius 1 is 0.875 bits per heavy atom. The van der Waals surface area contributed by atoms with Crippen LogP contribution in [0.5, 0.6) is 23.0 Å². The van der Waals surface area contributed by atoms with E-state index in [1.807, 2.05) is 36.4 Å². The van der Waals surface area contributed by atoms with Crippen LogP contribution >= 0.6 is 23.2 Å². The third kappa shape index (κ3) is 6.24. The highest BCUT2D eigenvalue weighted by Crippen LogP contribution is 2.43. The van der Waals surface area contributed by atoms with E-state index in [0.717, 1.165) is 25.7 Å². The van der Waals surface area contributed by atoms with Gasteiger partial charge < -0.3 is 14.8 Å². The summed E-state index contributed by atoms with van der Waals surface area (Å²) in [6.07, 6.45) is 6.02. The highest BCUT2D eigenvalue weighted by molar-refractivity contribution is 6.35. The summed E-state index contributed by atoms with van der Waals surface area (Å²) in [6.45, 7) is -0.310. The van der Waals surface area contributed by atoms with Gasteiger partial charge in [-0.1, -0.05) is 53.5 Å². The second-order valence-electron chi connectivity index (χ2n) is 10.3. The van der Waals surface area contributed by atoms with Crippen LogP contribution in [0.1, 0.15) is 70.7 Å². The minimum absolute atomic E-state index is 0.123. The van der Waals surface area contributed by atoms with Crippen LogP contribution in [0.4, 0.5) is 4.39 Å². The summed E-state index contributed by atoms with van der Waals surface area (Å²) in [5.41, 5.74) is 2.75. The van der Waals surface area contributed by atoms with E-state index in [0.29, 0.717) is 28.4 Å². The van der Waals surface area contributed by atoms with E-state index < -0.39 is 12.1 Å². The van der Waals surface area contributed by atoms with Crippen LogP contribution < -0.4 is 14.8 Å². The lowest BCUT2D eigenvalue weighted by molar-refractivity contribution is 0.0937. The van der Waals surface area contributed by atoms with Gasteiger partial charge in [0.05, 0.1) is 18.9 Å². The van der Waals surface area contributed by atoms with Crippen LogP contribution in [0, 0.1) is 0 Å². The monoisotopic (exact) mass is 576 g/mol. The summed E-state index contributed by atoms with van der Waals surface area (Å²) < 4.78 is 27.5. The molecule has 6 rings (SSSR count). The molecule has 1 atom stereocenters. The molecule has 1 unspecified atom stereocenters. The Morgan fingerprint density at radius 2 is 1.45 bits per heavy atom. The van der Waals surface area contributed by atoms with E-state index in [9.17, 15) is 4.79 Å². The maximum absolute atomic E-state index is 15.1. The predicted molar refractivity (Wildman–Crippen MR) is 154 cm³/mol. The fourth-order valence-corrected chi connectivity index (χ4v) is 5.22. The fourth-order valence-electron chi connectivity index (χ4n) is 4.69. The number of carbonyl (C=O) groups excluding carboxylic acids is 1. The number of ether oxygens (including phenoxy) is 2. The van der Waals surface area contributed by atoms with Gasteiger partial charge in [0.2, 0.25) is 0 Å². The largest absolute Gasteiger partial charge is 0.455 e. The van der Waals surface area contributed by atoms with Gasteiger partial charge in [0.15, 0.2) is 11.5 Å². The van der Waals surface area contributed by atoms with Crippen LogP contribution in [0.3, 0.4) is 0 Å². The van der Waals surface area contributed by atoms with Crippen LogP contribution in [0.2, 0.25) is 10.0 Å². The Morgan fingerprint density at radius 3 is 1.98 bits per heavy atom. The summed E-state index contributed by atoms with van der Waals surface area (Å²) in [6, 6.07) is 20.2. The number of nitrogens with one attached hydrogen (secondary N) is 1. The topological polar surface area (TPSA) is 60.5 Å². The van der Waals surface area contributed by atoms with Crippen molar-refractivity contribution < 1.29 is 18.7 Å². The molecule has 0 radical (unpaired) electrons. The summed E-state index contributed by atoms with van der Waals surface area (Å²) in [4.78, 5) is 17.9. The molecule has 4 aromatic rings. The summed E-state index contributed by atoms with van der Waals surface area (Å²) >= 11 is 12.1. The summed E-state index contributed by atoms with van der Waals surface area (Å²) in [7, 11) is 0. The lowest BCUT2D eigenvalue weighted by Gasteiger charge is -2.17. The number of pyridine rings is 1. The van der Waals surface area contributed by atoms with Gasteiger partial charge in [-0.15, -0.1) is 0 Å². The average molecular weight is 577 g/mol. The molecule has 1 aromatic heterocycles. The number of hydrogen-bond acceptors (Lipinski definition) is 4. The molecular formula is C32H27Cl2FN2O3. The van der Waals surface area contributed by atoms with E-state index in [1.165, 1.54) is 35.7 Å². The molecule has 1 N–H and O–H groups in total. The number of aromatic nitrogens is 1. The minimum atomic E-state index is -1.55. The number of rotatable bonds is 10. The highest BCUT2D eigenvalue weighted by atomic mass is 35.5. The molecular weight excluding hydrogens is 550 g/mol. The van der Waals surface area contributed by atoms with Gasteiger partial charge in [0, 0.05) is 15.6 Å². The molecule has 1 amide bonds. The van der Waals surface area contributed by atoms with Crippen molar-refractivity contribution in [3.8, 4) is 23.0 Å². The second kappa shape index (κ2) is 11.5. The van der Waals surface area contributed by atoms with Crippen molar-refractivity contribution in [1.82, 2.24) is 10.3 Å². The van der Waals surface area contributed by atoms with E-state index >= 15 is 4.39 Å². The molecule has 2 saturated carbocycles. The number of amides is 1. The van der Waals surface area contributed by atoms with E-state index in [1.54, 1.807) is 6.07 Å². The number of halogens is 3. The van der Waals surface area contributed by atoms with Gasteiger partial charge in [-0.3, -0.25) is 9.78 Å². The zero-order chi connectivity index (χ0) is 27.6. The molecule has 3 aromatic carbocycles. The standard InChI is InChI=1S/C32H27Cl2FN2O3/c33-23-11-12-26(27(34)15-23)28(35)16-37-32(38)31-29(39-24-5-1-3-21(13-24)19-7-8-19)17-36-18-30(31)40-25-6-2-4-22(14-25)20-9-10-20/h1-6,11-15,17-20,28H,7-10,16H2,(H,37,38). The third-order valence-corrected chi connectivity index (χ3v) is 7.68. The molecule has 2 aliphatic carbocycles. The Balaban J connectivity index is 1.28. The van der Waals surface area contributed by atoms with Gasteiger partial charge in [0.25, 0.3) is 5.91 Å². The van der Waals surface area contributed by atoms with E-state index in [-0.39, 0.29) is 34.2 Å². The molecule has 0 saturated heterocycles. The van der Waals surface area contributed by atoms with Gasteiger partial charge in [0.1, 0.15) is 23.2 Å². The van der Waals surface area contributed by atoms with Crippen LogP contribution in [0.25, 0.3) is 0 Å². The van der Waals surface area contributed by atoms with Crippen molar-refractivity contribution in [2.45, 2.75) is 43.7 Å². The molecule has 1 heterocycles. The Hall–Kier alpha value is -3.61. The van der Waals surface area contributed by atoms with Crippen molar-refractivity contribution in [2.24, 2.45) is 0 Å². The number of hydrogen-bond donors (Lipinski definition) is 1. The van der Waals surface area contributed by atoms with Crippen molar-refractivity contribution in [1.29, 1.82) is 0 Å². The van der Waals surface area contributed by atoms with Crippen LogP contribution in [-0.4, -0.2) is 17.4 Å². The average Bonchev–Trinajstić information content (AvgIpc) is 3.86. The van der Waals surface area contributed by atoms with Gasteiger partial charge in [-0.25, -0.2) is 4.39 Å². The van der Waals surface area contributed by atoms with E-state index in [2.05, 4.69) is 22.4 Å². The minimum Gasteiger partial charge on any atom is -0.455 e. The molecule has 5 nitrogen and oxygen atoms in total. The smallest absolute Gasteiger partial charge is 0.259 e. The van der Waals surface area contributed by atoms with Crippen molar-refractivity contribution in [3.05, 3.63) is 111 Å². The molecule has 8 heteroatoms. The van der Waals surface area contributed by atoms with Crippen LogP contribution in [0.15, 0.2) is 79.1 Å². The molecule has 0 bridgehead atoms. The molecule has 204 valence electrons. The third-order valence-electron chi connectivity index (χ3n) is 7.11. The van der Waals surface area contributed by atoms with Crippen LogP contribution in [-0.2, 0) is 0 Å². The Bertz CT molecular complexity index is 1480. The van der Waals surface area contributed by atoms with Crippen molar-refractivity contribution in [2.75, 3.05) is 6.54 Å². The quantitative estimate of drug-likeness (QED) is 0.204. The first-order chi connectivity index (χ1) is 19.4. The van der Waals surface area contributed by atoms with Gasteiger partial charge >= 0.3 is 0 Å². The second-order valence-corrected chi connectivity index (χ2v) is 11.1. The number of benzene rings is 3. The van der Waals surface area contributed by atoms with E-state index in [4.69, 9.17) is 32.7 Å². The number of nitrogens with zero attached hydrogens (tertiary/aromatic N) is 1. The number of carbonyl (C=O) groups is 1. The summed E-state index contributed by atoms with van der Waals surface area (Å²) in [5.74, 6) is 2.12. The summed E-state index contributed by atoms with van der Waals surface area (Å²) in [5, 5.41) is 3.27. The highest BCUT2D eigenvalue weighted by Gasteiger charge is 2.27. The van der Waals surface area contributed by atoms with Crippen molar-refractivity contribution in [3.63, 3.8) is 0 Å². The molecule has 2 aliphatic rings. The molecule has 0 aliphatic heterocycles. The molecule has 0 spiro atoms. The first-order valence-electron chi connectivity index (χ1n) is 13.4. The van der Waals surface area contributed by atoms with Gasteiger partial charge in [-0.2, -0.15) is 0 Å². The maximum atomic E-state index is 15.1. The zero-order valence-corrected chi connectivity index (χ0v) is 23.1. The fraction of sp³-hybridized carbons (Fsp3) is 0.250. The Kier molecular flexibility index (Phi) is 7.63. The normalized spacial score (nSPS) is 15.4. The van der Waals surface area contributed by atoms with Gasteiger partial charge in [-0.05, 0) is 85.0 Å². The predicted octanol–water partition coefficient (Wildman–Crippen LogP) is 9.17. The maximum Gasteiger partial charge on any atom is 0.259 e.